The van der Waals surface area contributed by atoms with Crippen LogP contribution in [0.15, 0.2) is 158 Å². The lowest BCUT2D eigenvalue weighted by Crippen LogP contribution is -1.99. The van der Waals surface area contributed by atoms with Crippen LogP contribution in [0.2, 0.25) is 0 Å². The molecule has 0 aliphatic carbocycles. The van der Waals surface area contributed by atoms with Gasteiger partial charge in [-0.25, -0.2) is 0 Å². The summed E-state index contributed by atoms with van der Waals surface area (Å²) in [5.74, 6) is 0. The number of nitriles is 2. The first-order valence-electron chi connectivity index (χ1n) is 15.9. The Balaban J connectivity index is 1.29. The van der Waals surface area contributed by atoms with Crippen molar-refractivity contribution in [3.63, 3.8) is 0 Å². The number of benzene rings is 7. The van der Waals surface area contributed by atoms with Crippen LogP contribution in [0.25, 0.3) is 77.2 Å². The zero-order valence-corrected chi connectivity index (χ0v) is 25.8. The van der Waals surface area contributed by atoms with Crippen molar-refractivity contribution in [2.45, 2.75) is 0 Å². The average molecular weight is 611 g/mol. The molecule has 0 aliphatic heterocycles. The van der Waals surface area contributed by atoms with E-state index in [-0.39, 0.29) is 0 Å². The topological polar surface area (TPSA) is 57.4 Å². The van der Waals surface area contributed by atoms with Gasteiger partial charge in [-0.15, -0.1) is 0 Å². The molecule has 0 saturated carbocycles. The van der Waals surface area contributed by atoms with E-state index >= 15 is 0 Å². The molecule has 0 spiro atoms. The molecule has 2 aromatic heterocycles. The number of nitrogens with zero attached hydrogens (tertiary/aromatic N) is 4. The van der Waals surface area contributed by atoms with Crippen LogP contribution in [-0.2, 0) is 0 Å². The van der Waals surface area contributed by atoms with Gasteiger partial charge in [-0.2, -0.15) is 10.5 Å². The maximum Gasteiger partial charge on any atom is 0.0992 e. The third-order valence-corrected chi connectivity index (χ3v) is 9.38. The van der Waals surface area contributed by atoms with Crippen LogP contribution in [0.5, 0.6) is 0 Å². The second-order valence-electron chi connectivity index (χ2n) is 12.0. The van der Waals surface area contributed by atoms with Crippen molar-refractivity contribution in [1.29, 1.82) is 10.5 Å². The first-order chi connectivity index (χ1) is 23.7. The Morgan fingerprint density at radius 3 is 1.58 bits per heavy atom. The summed E-state index contributed by atoms with van der Waals surface area (Å²) in [7, 11) is 0. The van der Waals surface area contributed by atoms with Gasteiger partial charge in [-0.05, 0) is 77.4 Å². The summed E-state index contributed by atoms with van der Waals surface area (Å²) in [5, 5.41) is 24.4. The van der Waals surface area contributed by atoms with Gasteiger partial charge in [0, 0.05) is 32.8 Å². The summed E-state index contributed by atoms with van der Waals surface area (Å²) in [4.78, 5) is 0. The van der Waals surface area contributed by atoms with Crippen molar-refractivity contribution >= 4 is 43.6 Å². The number of hydrogen-bond acceptors (Lipinski definition) is 2. The minimum atomic E-state index is 0.608. The Labute approximate surface area is 277 Å². The highest BCUT2D eigenvalue weighted by molar-refractivity contribution is 6.11. The van der Waals surface area contributed by atoms with Crippen molar-refractivity contribution in [3.05, 3.63) is 169 Å². The summed E-state index contributed by atoms with van der Waals surface area (Å²) in [6.45, 7) is 0. The lowest BCUT2D eigenvalue weighted by Gasteiger charge is -2.18. The zero-order valence-electron chi connectivity index (χ0n) is 25.8. The smallest absolute Gasteiger partial charge is 0.0992 e. The van der Waals surface area contributed by atoms with E-state index in [1.807, 2.05) is 30.3 Å². The number of fused-ring (bicyclic) bond motifs is 6. The molecular weight excluding hydrogens is 585 g/mol. The van der Waals surface area contributed by atoms with E-state index in [0.717, 1.165) is 66.5 Å². The van der Waals surface area contributed by atoms with E-state index in [1.165, 1.54) is 10.8 Å². The van der Waals surface area contributed by atoms with Crippen molar-refractivity contribution in [3.8, 4) is 45.8 Å². The first kappa shape index (κ1) is 27.4. The van der Waals surface area contributed by atoms with E-state index in [1.54, 1.807) is 0 Å². The largest absolute Gasteiger partial charge is 0.309 e. The number of aromatic nitrogens is 2. The zero-order chi connectivity index (χ0) is 32.2. The molecule has 0 fully saturated rings. The molecule has 0 atom stereocenters. The number of hydrogen-bond donors (Lipinski definition) is 0. The molecule has 2 heterocycles. The van der Waals surface area contributed by atoms with Crippen LogP contribution in [0.3, 0.4) is 0 Å². The Hall–Kier alpha value is -6.88. The quantitative estimate of drug-likeness (QED) is 0.199. The van der Waals surface area contributed by atoms with Crippen LogP contribution in [-0.4, -0.2) is 9.13 Å². The lowest BCUT2D eigenvalue weighted by atomic mass is 9.92. The molecule has 4 nitrogen and oxygen atoms in total. The van der Waals surface area contributed by atoms with Gasteiger partial charge in [0.05, 0.1) is 51.0 Å². The third-order valence-electron chi connectivity index (χ3n) is 9.38. The number of rotatable bonds is 4. The summed E-state index contributed by atoms with van der Waals surface area (Å²) in [6, 6.07) is 59.0. The highest BCUT2D eigenvalue weighted by atomic mass is 15.0. The average Bonchev–Trinajstić information content (AvgIpc) is 3.67. The van der Waals surface area contributed by atoms with Gasteiger partial charge in [0.25, 0.3) is 0 Å². The minimum absolute atomic E-state index is 0.608. The van der Waals surface area contributed by atoms with Gasteiger partial charge in [0.2, 0.25) is 0 Å². The molecule has 222 valence electrons. The van der Waals surface area contributed by atoms with E-state index < -0.39 is 0 Å². The fraction of sp³-hybridized carbons (Fsp3) is 0. The molecule has 4 heteroatoms. The van der Waals surface area contributed by atoms with Gasteiger partial charge in [-0.1, -0.05) is 97.1 Å². The Morgan fingerprint density at radius 1 is 0.375 bits per heavy atom. The van der Waals surface area contributed by atoms with Crippen LogP contribution in [0.4, 0.5) is 0 Å². The maximum absolute atomic E-state index is 10.0. The first-order valence-corrected chi connectivity index (χ1v) is 15.9. The van der Waals surface area contributed by atoms with Crippen LogP contribution < -0.4 is 0 Å². The van der Waals surface area contributed by atoms with Gasteiger partial charge in [0.1, 0.15) is 0 Å². The van der Waals surface area contributed by atoms with E-state index in [2.05, 4.69) is 149 Å². The molecule has 48 heavy (non-hydrogen) atoms. The van der Waals surface area contributed by atoms with Crippen molar-refractivity contribution in [2.24, 2.45) is 0 Å². The highest BCUT2D eigenvalue weighted by Crippen LogP contribution is 2.41. The van der Waals surface area contributed by atoms with Crippen LogP contribution in [0.1, 0.15) is 11.1 Å². The molecule has 0 radical (unpaired) electrons. The molecule has 9 aromatic rings. The monoisotopic (exact) mass is 610 g/mol. The number of para-hydroxylation sites is 3. The van der Waals surface area contributed by atoms with E-state index in [4.69, 9.17) is 0 Å². The van der Waals surface area contributed by atoms with Crippen molar-refractivity contribution in [2.75, 3.05) is 0 Å². The fourth-order valence-electron chi connectivity index (χ4n) is 7.30. The fourth-order valence-corrected chi connectivity index (χ4v) is 7.30. The molecule has 0 bridgehead atoms. The van der Waals surface area contributed by atoms with Gasteiger partial charge in [0.15, 0.2) is 0 Å². The summed E-state index contributed by atoms with van der Waals surface area (Å²) < 4.78 is 4.57. The predicted molar refractivity (Wildman–Crippen MR) is 195 cm³/mol. The van der Waals surface area contributed by atoms with E-state index in [0.29, 0.717) is 11.1 Å². The van der Waals surface area contributed by atoms with E-state index in [9.17, 15) is 10.5 Å². The molecule has 0 saturated heterocycles. The highest BCUT2D eigenvalue weighted by Gasteiger charge is 2.19. The van der Waals surface area contributed by atoms with Gasteiger partial charge >= 0.3 is 0 Å². The van der Waals surface area contributed by atoms with Gasteiger partial charge < -0.3 is 9.13 Å². The van der Waals surface area contributed by atoms with Crippen molar-refractivity contribution < 1.29 is 0 Å². The molecule has 0 N–H and O–H groups in total. The molecule has 0 unspecified atom stereocenters. The molecule has 9 rings (SSSR count). The third kappa shape index (κ3) is 4.14. The Kier molecular flexibility index (Phi) is 6.22. The second-order valence-corrected chi connectivity index (χ2v) is 12.0. The van der Waals surface area contributed by atoms with Crippen molar-refractivity contribution in [1.82, 2.24) is 9.13 Å². The van der Waals surface area contributed by atoms with Crippen LogP contribution in [0, 0.1) is 22.7 Å². The standard InChI is InChI=1S/C44H26N4/c45-27-29-21-23-43(48-41-18-7-4-14-35(41)36-15-5-8-19-42(36)48)39(24-29)34-13-2-1-12-33(34)31-10-9-11-32(26-31)47-40-17-6-3-16-37(40)38-22-20-30(28-46)25-44(38)47/h1-26H. The molecular formula is C44H26N4. The molecule has 7 aromatic carbocycles. The second kappa shape index (κ2) is 10.9. The predicted octanol–water partition coefficient (Wildman–Crippen LogP) is 11.0. The molecule has 0 aliphatic rings. The van der Waals surface area contributed by atoms with Gasteiger partial charge in [-0.3, -0.25) is 0 Å². The minimum Gasteiger partial charge on any atom is -0.309 e. The summed E-state index contributed by atoms with van der Waals surface area (Å²) in [6.07, 6.45) is 0. The normalized spacial score (nSPS) is 11.3. The summed E-state index contributed by atoms with van der Waals surface area (Å²) >= 11 is 0. The Morgan fingerprint density at radius 2 is 0.917 bits per heavy atom. The summed E-state index contributed by atoms with van der Waals surface area (Å²) in [5.41, 5.74) is 11.7. The lowest BCUT2D eigenvalue weighted by molar-refractivity contribution is 1.18. The Bertz CT molecular complexity index is 2760. The molecule has 0 amide bonds. The van der Waals surface area contributed by atoms with Crippen LogP contribution >= 0.6 is 0 Å². The maximum atomic E-state index is 10.0. The SMILES string of the molecule is N#Cc1ccc(-n2c3ccccc3c3ccccc32)c(-c2ccccc2-c2cccc(-n3c4ccccc4c4ccc(C#N)cc43)c2)c1.